The maximum Gasteiger partial charge on any atom is 0.317 e. The maximum atomic E-state index is 12.3. The van der Waals surface area contributed by atoms with Gasteiger partial charge in [0.05, 0.1) is 17.9 Å². The van der Waals surface area contributed by atoms with Crippen molar-refractivity contribution in [2.75, 3.05) is 20.6 Å². The zero-order valence-corrected chi connectivity index (χ0v) is 14.9. The van der Waals surface area contributed by atoms with Gasteiger partial charge in [0.15, 0.2) is 0 Å². The number of aromatic nitrogens is 2. The Morgan fingerprint density at radius 1 is 1.24 bits per heavy atom. The van der Waals surface area contributed by atoms with Crippen LogP contribution in [0.25, 0.3) is 0 Å². The Morgan fingerprint density at radius 2 is 2.00 bits per heavy atom. The van der Waals surface area contributed by atoms with E-state index < -0.39 is 0 Å². The zero-order chi connectivity index (χ0) is 18.4. The molecule has 8 nitrogen and oxygen atoms in total. The van der Waals surface area contributed by atoms with Crippen LogP contribution in [0.4, 0.5) is 4.79 Å². The van der Waals surface area contributed by atoms with Gasteiger partial charge in [-0.15, -0.1) is 0 Å². The molecule has 2 aromatic rings. The molecule has 8 heteroatoms. The van der Waals surface area contributed by atoms with E-state index in [9.17, 15) is 9.59 Å². The van der Waals surface area contributed by atoms with Crippen molar-refractivity contribution < 1.29 is 14.1 Å². The minimum Gasteiger partial charge on any atom is -0.361 e. The van der Waals surface area contributed by atoms with Gasteiger partial charge in [-0.1, -0.05) is 5.16 Å². The molecule has 134 valence electrons. The number of rotatable bonds is 6. The predicted octanol–water partition coefficient (Wildman–Crippen LogP) is 1.43. The lowest BCUT2D eigenvalue weighted by Gasteiger charge is -2.12. The molecule has 25 heavy (non-hydrogen) atoms. The lowest BCUT2D eigenvalue weighted by Crippen LogP contribution is -2.34. The van der Waals surface area contributed by atoms with Crippen molar-refractivity contribution in [3.8, 4) is 0 Å². The fourth-order valence-electron chi connectivity index (χ4n) is 2.30. The van der Waals surface area contributed by atoms with Gasteiger partial charge in [-0.3, -0.25) is 9.78 Å². The summed E-state index contributed by atoms with van der Waals surface area (Å²) in [4.78, 5) is 29.4. The number of hydrogen-bond donors (Lipinski definition) is 2. The summed E-state index contributed by atoms with van der Waals surface area (Å²) in [6.45, 7) is 4.48. The first-order chi connectivity index (χ1) is 11.9. The van der Waals surface area contributed by atoms with Crippen LogP contribution in [-0.4, -0.2) is 47.6 Å². The topological polar surface area (TPSA) is 100 Å². The molecular formula is C17H23N5O3. The van der Waals surface area contributed by atoms with Gasteiger partial charge in [-0.25, -0.2) is 4.79 Å². The van der Waals surface area contributed by atoms with E-state index in [1.54, 1.807) is 32.4 Å². The normalized spacial score (nSPS) is 10.4. The van der Waals surface area contributed by atoms with Crippen molar-refractivity contribution in [3.63, 3.8) is 0 Å². The fourth-order valence-corrected chi connectivity index (χ4v) is 2.30. The molecule has 0 aliphatic carbocycles. The molecule has 0 fully saturated rings. The average Bonchev–Trinajstić information content (AvgIpc) is 2.91. The van der Waals surface area contributed by atoms with Crippen molar-refractivity contribution in [3.05, 3.63) is 46.6 Å². The second-order valence-corrected chi connectivity index (χ2v) is 5.90. The first kappa shape index (κ1) is 18.4. The van der Waals surface area contributed by atoms with Crippen molar-refractivity contribution in [2.24, 2.45) is 0 Å². The molecule has 2 heterocycles. The number of pyridine rings is 1. The Kier molecular flexibility index (Phi) is 6.10. The summed E-state index contributed by atoms with van der Waals surface area (Å²) in [5.41, 5.74) is 2.98. The highest BCUT2D eigenvalue weighted by Gasteiger charge is 2.11. The summed E-state index contributed by atoms with van der Waals surface area (Å²) in [5, 5.41) is 9.48. The highest BCUT2D eigenvalue weighted by molar-refractivity contribution is 5.94. The van der Waals surface area contributed by atoms with Crippen LogP contribution in [0.2, 0.25) is 0 Å². The highest BCUT2D eigenvalue weighted by Crippen LogP contribution is 2.12. The molecule has 0 aliphatic heterocycles. The van der Waals surface area contributed by atoms with Gasteiger partial charge in [0.1, 0.15) is 5.76 Å². The zero-order valence-electron chi connectivity index (χ0n) is 14.9. The summed E-state index contributed by atoms with van der Waals surface area (Å²) in [5.74, 6) is 0.587. The van der Waals surface area contributed by atoms with Crippen LogP contribution in [0.15, 0.2) is 22.9 Å². The van der Waals surface area contributed by atoms with E-state index in [0.717, 1.165) is 17.0 Å². The lowest BCUT2D eigenvalue weighted by molar-refractivity contribution is 0.0954. The number of amides is 3. The Balaban J connectivity index is 1.89. The van der Waals surface area contributed by atoms with Gasteiger partial charge in [-0.05, 0) is 32.4 Å². The quantitative estimate of drug-likeness (QED) is 0.825. The molecule has 2 aromatic heterocycles. The van der Waals surface area contributed by atoms with Crippen LogP contribution < -0.4 is 10.6 Å². The molecule has 0 bridgehead atoms. The summed E-state index contributed by atoms with van der Waals surface area (Å²) in [7, 11) is 3.32. The third-order valence-electron chi connectivity index (χ3n) is 3.75. The standard InChI is InChI=1S/C17H23N5O3/c1-11-15(12(2)25-21-11)6-8-19-16(23)13-5-7-18-14(9-13)10-20-17(24)22(3)4/h5,7,9H,6,8,10H2,1-4H3,(H,19,23)(H,20,24). The molecular weight excluding hydrogens is 322 g/mol. The molecule has 0 spiro atoms. The van der Waals surface area contributed by atoms with Crippen LogP contribution in [0, 0.1) is 13.8 Å². The molecule has 0 unspecified atom stereocenters. The summed E-state index contributed by atoms with van der Waals surface area (Å²) < 4.78 is 5.11. The predicted molar refractivity (Wildman–Crippen MR) is 92.2 cm³/mol. The summed E-state index contributed by atoms with van der Waals surface area (Å²) >= 11 is 0. The lowest BCUT2D eigenvalue weighted by atomic mass is 10.1. The number of nitrogens with zero attached hydrogens (tertiary/aromatic N) is 3. The third-order valence-corrected chi connectivity index (χ3v) is 3.75. The second kappa shape index (κ2) is 8.27. The van der Waals surface area contributed by atoms with E-state index in [-0.39, 0.29) is 18.5 Å². The van der Waals surface area contributed by atoms with Crippen molar-refractivity contribution in [2.45, 2.75) is 26.8 Å². The SMILES string of the molecule is Cc1noc(C)c1CCNC(=O)c1ccnc(CNC(=O)N(C)C)c1. The van der Waals surface area contributed by atoms with Crippen LogP contribution in [0.3, 0.4) is 0 Å². The van der Waals surface area contributed by atoms with E-state index in [2.05, 4.69) is 20.8 Å². The minimum absolute atomic E-state index is 0.186. The number of aryl methyl sites for hydroxylation is 2. The van der Waals surface area contributed by atoms with Gasteiger partial charge < -0.3 is 20.1 Å². The first-order valence-electron chi connectivity index (χ1n) is 7.98. The van der Waals surface area contributed by atoms with Crippen LogP contribution in [-0.2, 0) is 13.0 Å². The van der Waals surface area contributed by atoms with E-state index in [1.807, 2.05) is 13.8 Å². The van der Waals surface area contributed by atoms with Crippen LogP contribution >= 0.6 is 0 Å². The van der Waals surface area contributed by atoms with Crippen LogP contribution in [0.5, 0.6) is 0 Å². The second-order valence-electron chi connectivity index (χ2n) is 5.90. The molecule has 0 aromatic carbocycles. The molecule has 3 amide bonds. The van der Waals surface area contributed by atoms with Gasteiger partial charge in [0.25, 0.3) is 5.91 Å². The highest BCUT2D eigenvalue weighted by atomic mass is 16.5. The third kappa shape index (κ3) is 5.03. The molecule has 0 saturated carbocycles. The average molecular weight is 345 g/mol. The van der Waals surface area contributed by atoms with Crippen molar-refractivity contribution >= 4 is 11.9 Å². The van der Waals surface area contributed by atoms with Gasteiger partial charge in [-0.2, -0.15) is 0 Å². The Hall–Kier alpha value is -2.90. The molecule has 2 N–H and O–H groups in total. The molecule has 2 rings (SSSR count). The Labute approximate surface area is 146 Å². The number of hydrogen-bond acceptors (Lipinski definition) is 5. The van der Waals surface area contributed by atoms with E-state index in [1.165, 1.54) is 4.90 Å². The first-order valence-corrected chi connectivity index (χ1v) is 7.98. The van der Waals surface area contributed by atoms with E-state index >= 15 is 0 Å². The minimum atomic E-state index is -0.212. The van der Waals surface area contributed by atoms with Crippen molar-refractivity contribution in [1.82, 2.24) is 25.7 Å². The van der Waals surface area contributed by atoms with Gasteiger partial charge in [0.2, 0.25) is 0 Å². The largest absolute Gasteiger partial charge is 0.361 e. The number of carbonyl (C=O) groups is 2. The molecule has 0 aliphatic rings. The van der Waals surface area contributed by atoms with Gasteiger partial charge >= 0.3 is 6.03 Å². The monoisotopic (exact) mass is 345 g/mol. The van der Waals surface area contributed by atoms with Gasteiger partial charge in [0, 0.05) is 38.0 Å². The Bertz CT molecular complexity index is 735. The fraction of sp³-hybridized carbons (Fsp3) is 0.412. The molecule has 0 saturated heterocycles. The summed E-state index contributed by atoms with van der Waals surface area (Å²) in [6.07, 6.45) is 2.21. The van der Waals surface area contributed by atoms with E-state index in [0.29, 0.717) is 24.2 Å². The number of nitrogens with one attached hydrogen (secondary N) is 2. The maximum absolute atomic E-state index is 12.3. The molecule has 0 atom stereocenters. The Morgan fingerprint density at radius 3 is 2.64 bits per heavy atom. The number of urea groups is 1. The van der Waals surface area contributed by atoms with Crippen LogP contribution in [0.1, 0.15) is 33.1 Å². The summed E-state index contributed by atoms with van der Waals surface area (Å²) in [6, 6.07) is 3.10. The number of carbonyl (C=O) groups excluding carboxylic acids is 2. The molecule has 0 radical (unpaired) electrons. The van der Waals surface area contributed by atoms with Crippen molar-refractivity contribution in [1.29, 1.82) is 0 Å². The van der Waals surface area contributed by atoms with E-state index in [4.69, 9.17) is 4.52 Å². The smallest absolute Gasteiger partial charge is 0.317 e.